The lowest BCUT2D eigenvalue weighted by molar-refractivity contribution is 0.0731. The monoisotopic (exact) mass is 418 g/mol. The molecule has 3 aromatic rings. The van der Waals surface area contributed by atoms with Crippen LogP contribution in [0.5, 0.6) is 23.0 Å². The highest BCUT2D eigenvalue weighted by atomic mass is 16.5. The molecule has 31 heavy (non-hydrogen) atoms. The normalized spacial score (nSPS) is 10.5. The van der Waals surface area contributed by atoms with Gasteiger partial charge in [0.25, 0.3) is 0 Å². The average Bonchev–Trinajstić information content (AvgIpc) is 2.82. The third kappa shape index (κ3) is 5.30. The maximum atomic E-state index is 12.5. The second-order valence-electron chi connectivity index (χ2n) is 6.42. The van der Waals surface area contributed by atoms with Crippen LogP contribution in [0.2, 0.25) is 0 Å². The summed E-state index contributed by atoms with van der Waals surface area (Å²) in [4.78, 5) is 24.9. The van der Waals surface area contributed by atoms with E-state index in [0.29, 0.717) is 34.1 Å². The summed E-state index contributed by atoms with van der Waals surface area (Å²) >= 11 is 0. The van der Waals surface area contributed by atoms with Crippen molar-refractivity contribution < 1.29 is 28.5 Å². The van der Waals surface area contributed by atoms with Crippen LogP contribution in [0.25, 0.3) is 6.08 Å². The molecule has 0 heterocycles. The van der Waals surface area contributed by atoms with Crippen LogP contribution in [0, 0.1) is 0 Å². The lowest BCUT2D eigenvalue weighted by atomic mass is 10.1. The van der Waals surface area contributed by atoms with Crippen molar-refractivity contribution in [2.75, 3.05) is 21.3 Å². The summed E-state index contributed by atoms with van der Waals surface area (Å²) in [6.45, 7) is 0. The maximum Gasteiger partial charge on any atom is 0.347 e. The summed E-state index contributed by atoms with van der Waals surface area (Å²) in [6.07, 6.45) is 3.12. The van der Waals surface area contributed by atoms with Crippen LogP contribution in [-0.4, -0.2) is 33.1 Å². The summed E-state index contributed by atoms with van der Waals surface area (Å²) in [5.74, 6) is 1.30. The summed E-state index contributed by atoms with van der Waals surface area (Å²) in [6, 6.07) is 18.5. The van der Waals surface area contributed by atoms with Crippen molar-refractivity contribution in [2.24, 2.45) is 0 Å². The Kier molecular flexibility index (Phi) is 7.06. The van der Waals surface area contributed by atoms with Gasteiger partial charge in [-0.25, -0.2) is 4.79 Å². The maximum absolute atomic E-state index is 12.5. The first-order valence-corrected chi connectivity index (χ1v) is 9.45. The third-order valence-corrected chi connectivity index (χ3v) is 4.53. The Bertz CT molecular complexity index is 1100. The number of carbonyl (C=O) groups is 2. The Morgan fingerprint density at radius 3 is 2.10 bits per heavy atom. The van der Waals surface area contributed by atoms with E-state index in [0.717, 1.165) is 5.56 Å². The van der Waals surface area contributed by atoms with Crippen molar-refractivity contribution in [1.29, 1.82) is 0 Å². The second-order valence-corrected chi connectivity index (χ2v) is 6.42. The summed E-state index contributed by atoms with van der Waals surface area (Å²) in [5, 5.41) is 0. The molecule has 0 saturated heterocycles. The number of ketones is 1. The Labute approximate surface area is 180 Å². The standard InChI is InChI=1S/C25H22O6/c1-28-20-13-15-23(29-2)18(16-20)10-14-22(26)17-8-11-19(12-9-17)31-25(27)21-6-4-5-7-24(21)30-3/h4-16H,1-3H3. The van der Waals surface area contributed by atoms with Gasteiger partial charge in [-0.15, -0.1) is 0 Å². The van der Waals surface area contributed by atoms with E-state index in [2.05, 4.69) is 0 Å². The van der Waals surface area contributed by atoms with Gasteiger partial charge in [-0.05, 0) is 66.7 Å². The lowest BCUT2D eigenvalue weighted by Crippen LogP contribution is -2.10. The Morgan fingerprint density at radius 2 is 1.42 bits per heavy atom. The molecule has 158 valence electrons. The zero-order chi connectivity index (χ0) is 22.2. The number of para-hydroxylation sites is 1. The molecule has 0 unspecified atom stereocenters. The Morgan fingerprint density at radius 1 is 0.742 bits per heavy atom. The molecule has 0 aliphatic heterocycles. The van der Waals surface area contributed by atoms with Crippen LogP contribution in [0.1, 0.15) is 26.3 Å². The number of rotatable bonds is 8. The molecule has 0 aromatic heterocycles. The van der Waals surface area contributed by atoms with Crippen LogP contribution in [0.15, 0.2) is 72.8 Å². The van der Waals surface area contributed by atoms with E-state index < -0.39 is 5.97 Å². The molecule has 0 saturated carbocycles. The molecule has 0 aliphatic rings. The van der Waals surface area contributed by atoms with Gasteiger partial charge >= 0.3 is 5.97 Å². The predicted octanol–water partition coefficient (Wildman–Crippen LogP) is 4.83. The molecule has 0 amide bonds. The van der Waals surface area contributed by atoms with Gasteiger partial charge in [-0.2, -0.15) is 0 Å². The number of benzene rings is 3. The second kappa shape index (κ2) is 10.1. The minimum absolute atomic E-state index is 0.201. The van der Waals surface area contributed by atoms with Gasteiger partial charge in [0, 0.05) is 11.1 Å². The van der Waals surface area contributed by atoms with Gasteiger partial charge in [0.05, 0.1) is 21.3 Å². The number of methoxy groups -OCH3 is 3. The van der Waals surface area contributed by atoms with Crippen molar-refractivity contribution in [3.05, 3.63) is 89.5 Å². The Balaban J connectivity index is 1.71. The molecule has 0 bridgehead atoms. The molecule has 0 N–H and O–H groups in total. The first-order valence-electron chi connectivity index (χ1n) is 9.45. The molecule has 0 atom stereocenters. The number of hydrogen-bond donors (Lipinski definition) is 0. The number of allylic oxidation sites excluding steroid dienone is 1. The quantitative estimate of drug-likeness (QED) is 0.226. The number of hydrogen-bond acceptors (Lipinski definition) is 6. The fraction of sp³-hybridized carbons (Fsp3) is 0.120. The largest absolute Gasteiger partial charge is 0.497 e. The van der Waals surface area contributed by atoms with Crippen molar-refractivity contribution in [3.8, 4) is 23.0 Å². The average molecular weight is 418 g/mol. The van der Waals surface area contributed by atoms with E-state index in [4.69, 9.17) is 18.9 Å². The van der Waals surface area contributed by atoms with E-state index >= 15 is 0 Å². The van der Waals surface area contributed by atoms with Gasteiger partial charge in [-0.3, -0.25) is 4.79 Å². The molecule has 6 nitrogen and oxygen atoms in total. The summed E-state index contributed by atoms with van der Waals surface area (Å²) in [5.41, 5.74) is 1.49. The van der Waals surface area contributed by atoms with E-state index in [1.165, 1.54) is 13.2 Å². The van der Waals surface area contributed by atoms with Crippen LogP contribution in [0.3, 0.4) is 0 Å². The highest BCUT2D eigenvalue weighted by Gasteiger charge is 2.14. The van der Waals surface area contributed by atoms with Crippen molar-refractivity contribution >= 4 is 17.8 Å². The first-order chi connectivity index (χ1) is 15.0. The zero-order valence-electron chi connectivity index (χ0n) is 17.5. The van der Waals surface area contributed by atoms with Gasteiger partial charge in [-0.1, -0.05) is 12.1 Å². The van der Waals surface area contributed by atoms with Gasteiger partial charge in [0.15, 0.2) is 5.78 Å². The molecule has 6 heteroatoms. The molecule has 3 aromatic carbocycles. The number of ether oxygens (including phenoxy) is 4. The fourth-order valence-electron chi connectivity index (χ4n) is 2.89. The van der Waals surface area contributed by atoms with Crippen LogP contribution in [-0.2, 0) is 0 Å². The molecule has 0 radical (unpaired) electrons. The Hall–Kier alpha value is -4.06. The first kappa shape index (κ1) is 21.6. The highest BCUT2D eigenvalue weighted by molar-refractivity contribution is 6.07. The van der Waals surface area contributed by atoms with E-state index in [1.807, 2.05) is 0 Å². The van der Waals surface area contributed by atoms with E-state index in [1.54, 1.807) is 87.0 Å². The van der Waals surface area contributed by atoms with Crippen LogP contribution in [0.4, 0.5) is 0 Å². The third-order valence-electron chi connectivity index (χ3n) is 4.53. The molecular formula is C25H22O6. The highest BCUT2D eigenvalue weighted by Crippen LogP contribution is 2.25. The van der Waals surface area contributed by atoms with Gasteiger partial charge in [0.2, 0.25) is 0 Å². The molecular weight excluding hydrogens is 396 g/mol. The molecule has 0 spiro atoms. The van der Waals surface area contributed by atoms with Crippen molar-refractivity contribution in [1.82, 2.24) is 0 Å². The number of esters is 1. The summed E-state index contributed by atoms with van der Waals surface area (Å²) < 4.78 is 21.1. The van der Waals surface area contributed by atoms with Crippen molar-refractivity contribution in [2.45, 2.75) is 0 Å². The topological polar surface area (TPSA) is 71.1 Å². The molecule has 3 rings (SSSR count). The zero-order valence-corrected chi connectivity index (χ0v) is 17.5. The predicted molar refractivity (Wildman–Crippen MR) is 117 cm³/mol. The van der Waals surface area contributed by atoms with Crippen LogP contribution >= 0.6 is 0 Å². The van der Waals surface area contributed by atoms with Crippen molar-refractivity contribution in [3.63, 3.8) is 0 Å². The van der Waals surface area contributed by atoms with E-state index in [-0.39, 0.29) is 5.78 Å². The molecule has 0 aliphatic carbocycles. The lowest BCUT2D eigenvalue weighted by Gasteiger charge is -2.08. The SMILES string of the molecule is COc1ccc(OC)c(C=CC(=O)c2ccc(OC(=O)c3ccccc3OC)cc2)c1. The van der Waals surface area contributed by atoms with Gasteiger partial charge in [0.1, 0.15) is 28.6 Å². The van der Waals surface area contributed by atoms with Gasteiger partial charge < -0.3 is 18.9 Å². The number of carbonyl (C=O) groups excluding carboxylic acids is 2. The van der Waals surface area contributed by atoms with E-state index in [9.17, 15) is 9.59 Å². The van der Waals surface area contributed by atoms with Crippen LogP contribution < -0.4 is 18.9 Å². The minimum Gasteiger partial charge on any atom is -0.497 e. The summed E-state index contributed by atoms with van der Waals surface area (Å²) in [7, 11) is 4.62. The smallest absolute Gasteiger partial charge is 0.347 e. The molecule has 0 fully saturated rings. The fourth-order valence-corrected chi connectivity index (χ4v) is 2.89. The minimum atomic E-state index is -0.540.